The van der Waals surface area contributed by atoms with Gasteiger partial charge in [0.05, 0.1) is 11.7 Å². The lowest BCUT2D eigenvalue weighted by molar-refractivity contribution is 0.696. The number of H-pyrrole nitrogens is 1. The maximum absolute atomic E-state index is 4.33. The Morgan fingerprint density at radius 2 is 2.35 bits per heavy atom. The summed E-state index contributed by atoms with van der Waals surface area (Å²) in [6.45, 7) is 2.04. The number of aromatic amines is 1. The zero-order chi connectivity index (χ0) is 11.2. The molecule has 1 fully saturated rings. The van der Waals surface area contributed by atoms with E-state index in [-0.39, 0.29) is 0 Å². The number of nitrogens with zero attached hydrogens (tertiary/aromatic N) is 4. The first-order valence-corrected chi connectivity index (χ1v) is 5.81. The Balaban J connectivity index is 2.05. The Labute approximate surface area is 97.1 Å². The summed E-state index contributed by atoms with van der Waals surface area (Å²) < 4.78 is 2.11. The van der Waals surface area contributed by atoms with Gasteiger partial charge in [-0.25, -0.2) is 4.98 Å². The molecule has 4 heterocycles. The first kappa shape index (κ1) is 9.12. The van der Waals surface area contributed by atoms with Crippen molar-refractivity contribution in [3.8, 4) is 0 Å². The van der Waals surface area contributed by atoms with Crippen LogP contribution < -0.4 is 5.32 Å². The van der Waals surface area contributed by atoms with Gasteiger partial charge in [-0.15, -0.1) is 10.2 Å². The minimum atomic E-state index is 0.450. The highest BCUT2D eigenvalue weighted by atomic mass is 15.3. The van der Waals surface area contributed by atoms with E-state index < -0.39 is 0 Å². The van der Waals surface area contributed by atoms with E-state index in [1.165, 1.54) is 0 Å². The number of hydrogen-bond donors (Lipinski definition) is 2. The fourth-order valence-corrected chi connectivity index (χ4v) is 2.54. The number of fused-ring (bicyclic) bond motifs is 3. The van der Waals surface area contributed by atoms with Crippen LogP contribution in [0.1, 0.15) is 18.2 Å². The minimum Gasteiger partial charge on any atom is -0.345 e. The van der Waals surface area contributed by atoms with Crippen LogP contribution in [0.4, 0.5) is 0 Å². The maximum Gasteiger partial charge on any atom is 0.179 e. The minimum absolute atomic E-state index is 0.450. The second-order valence-electron chi connectivity index (χ2n) is 4.41. The fourth-order valence-electron chi connectivity index (χ4n) is 2.54. The van der Waals surface area contributed by atoms with Gasteiger partial charge in [0.15, 0.2) is 11.3 Å². The summed E-state index contributed by atoms with van der Waals surface area (Å²) in [5, 5.41) is 11.9. The summed E-state index contributed by atoms with van der Waals surface area (Å²) >= 11 is 0. The van der Waals surface area contributed by atoms with E-state index in [4.69, 9.17) is 0 Å². The molecule has 0 bridgehead atoms. The van der Waals surface area contributed by atoms with Crippen LogP contribution >= 0.6 is 0 Å². The zero-order valence-corrected chi connectivity index (χ0v) is 9.22. The topological polar surface area (TPSA) is 70.9 Å². The largest absolute Gasteiger partial charge is 0.345 e. The SMILES string of the molecule is c1cc2c(ncc3nnc([C@@H]4CCNC4)n32)[nH]1. The Morgan fingerprint density at radius 1 is 1.35 bits per heavy atom. The van der Waals surface area contributed by atoms with Gasteiger partial charge in [0.25, 0.3) is 0 Å². The standard InChI is InChI=1S/C11H12N6/c1-3-12-5-7(1)11-16-15-9-6-14-10-8(17(9)11)2-4-13-10/h2,4,6-7,12-13H,1,3,5H2/t7-/m1/s1. The second kappa shape index (κ2) is 3.27. The highest BCUT2D eigenvalue weighted by molar-refractivity contribution is 5.74. The summed E-state index contributed by atoms with van der Waals surface area (Å²) in [6.07, 6.45) is 4.78. The molecule has 0 spiro atoms. The van der Waals surface area contributed by atoms with Crippen molar-refractivity contribution in [3.63, 3.8) is 0 Å². The van der Waals surface area contributed by atoms with Crippen molar-refractivity contribution in [2.75, 3.05) is 13.1 Å². The first-order valence-electron chi connectivity index (χ1n) is 5.81. The molecule has 6 heteroatoms. The predicted molar refractivity (Wildman–Crippen MR) is 62.9 cm³/mol. The molecule has 6 nitrogen and oxygen atoms in total. The van der Waals surface area contributed by atoms with Gasteiger partial charge in [0, 0.05) is 18.7 Å². The monoisotopic (exact) mass is 228 g/mol. The van der Waals surface area contributed by atoms with E-state index in [1.807, 2.05) is 12.3 Å². The van der Waals surface area contributed by atoms with E-state index in [0.717, 1.165) is 42.1 Å². The summed E-state index contributed by atoms with van der Waals surface area (Å²) in [5.41, 5.74) is 2.75. The number of hydrogen-bond acceptors (Lipinski definition) is 4. The third-order valence-electron chi connectivity index (χ3n) is 3.39. The van der Waals surface area contributed by atoms with Crippen molar-refractivity contribution in [2.45, 2.75) is 12.3 Å². The van der Waals surface area contributed by atoms with Crippen molar-refractivity contribution in [1.82, 2.24) is 29.9 Å². The lowest BCUT2D eigenvalue weighted by Crippen LogP contribution is -2.10. The average Bonchev–Trinajstić information content (AvgIpc) is 3.08. The van der Waals surface area contributed by atoms with Crippen LogP contribution in [0.3, 0.4) is 0 Å². The Kier molecular flexibility index (Phi) is 1.75. The van der Waals surface area contributed by atoms with Crippen LogP contribution in [0.5, 0.6) is 0 Å². The summed E-state index contributed by atoms with van der Waals surface area (Å²) in [6, 6.07) is 2.02. The Morgan fingerprint density at radius 3 is 3.24 bits per heavy atom. The highest BCUT2D eigenvalue weighted by Crippen LogP contribution is 2.23. The van der Waals surface area contributed by atoms with Crippen LogP contribution in [0, 0.1) is 0 Å². The second-order valence-corrected chi connectivity index (χ2v) is 4.41. The van der Waals surface area contributed by atoms with Gasteiger partial charge in [0.2, 0.25) is 0 Å². The molecule has 0 aliphatic carbocycles. The van der Waals surface area contributed by atoms with E-state index in [9.17, 15) is 0 Å². The number of aromatic nitrogens is 5. The van der Waals surface area contributed by atoms with Crippen LogP contribution in [0.15, 0.2) is 18.5 Å². The molecule has 1 saturated heterocycles. The van der Waals surface area contributed by atoms with Crippen LogP contribution in [0.25, 0.3) is 16.8 Å². The molecule has 86 valence electrons. The van der Waals surface area contributed by atoms with Crippen molar-refractivity contribution in [1.29, 1.82) is 0 Å². The lowest BCUT2D eigenvalue weighted by Gasteiger charge is -2.06. The Bertz CT molecular complexity index is 675. The first-order chi connectivity index (χ1) is 8.43. The van der Waals surface area contributed by atoms with Gasteiger partial charge in [-0.3, -0.25) is 4.40 Å². The van der Waals surface area contributed by atoms with Crippen molar-refractivity contribution >= 4 is 16.8 Å². The molecular weight excluding hydrogens is 216 g/mol. The van der Waals surface area contributed by atoms with E-state index >= 15 is 0 Å². The third kappa shape index (κ3) is 1.21. The summed E-state index contributed by atoms with van der Waals surface area (Å²) in [5.74, 6) is 1.49. The molecule has 0 amide bonds. The molecule has 0 unspecified atom stereocenters. The molecular formula is C11H12N6. The predicted octanol–water partition coefficient (Wildman–Crippen LogP) is 0.682. The quantitative estimate of drug-likeness (QED) is 0.642. The van der Waals surface area contributed by atoms with Gasteiger partial charge >= 0.3 is 0 Å². The molecule has 0 saturated carbocycles. The van der Waals surface area contributed by atoms with Gasteiger partial charge in [0.1, 0.15) is 5.82 Å². The molecule has 4 rings (SSSR count). The van der Waals surface area contributed by atoms with E-state index in [1.54, 1.807) is 6.20 Å². The molecule has 3 aromatic rings. The Hall–Kier alpha value is -1.95. The van der Waals surface area contributed by atoms with Gasteiger partial charge in [-0.1, -0.05) is 0 Å². The fraction of sp³-hybridized carbons (Fsp3) is 0.364. The lowest BCUT2D eigenvalue weighted by atomic mass is 10.1. The summed E-state index contributed by atoms with van der Waals surface area (Å²) in [4.78, 5) is 7.43. The van der Waals surface area contributed by atoms with Gasteiger partial charge in [-0.05, 0) is 19.0 Å². The van der Waals surface area contributed by atoms with Crippen molar-refractivity contribution in [2.24, 2.45) is 0 Å². The molecule has 3 aromatic heterocycles. The normalized spacial score (nSPS) is 20.6. The summed E-state index contributed by atoms with van der Waals surface area (Å²) in [7, 11) is 0. The number of nitrogens with one attached hydrogen (secondary N) is 2. The van der Waals surface area contributed by atoms with Crippen molar-refractivity contribution < 1.29 is 0 Å². The average molecular weight is 228 g/mol. The highest BCUT2D eigenvalue weighted by Gasteiger charge is 2.23. The third-order valence-corrected chi connectivity index (χ3v) is 3.39. The van der Waals surface area contributed by atoms with Crippen LogP contribution in [-0.4, -0.2) is 37.7 Å². The van der Waals surface area contributed by atoms with Crippen LogP contribution in [-0.2, 0) is 0 Å². The van der Waals surface area contributed by atoms with E-state index in [0.29, 0.717) is 5.92 Å². The molecule has 0 radical (unpaired) electrons. The van der Waals surface area contributed by atoms with Crippen LogP contribution in [0.2, 0.25) is 0 Å². The van der Waals surface area contributed by atoms with E-state index in [2.05, 4.69) is 29.9 Å². The number of rotatable bonds is 1. The maximum atomic E-state index is 4.33. The van der Waals surface area contributed by atoms with Crippen molar-refractivity contribution in [3.05, 3.63) is 24.3 Å². The smallest absolute Gasteiger partial charge is 0.179 e. The van der Waals surface area contributed by atoms with Gasteiger partial charge < -0.3 is 10.3 Å². The zero-order valence-electron chi connectivity index (χ0n) is 9.22. The molecule has 1 aliphatic rings. The molecule has 0 aromatic carbocycles. The van der Waals surface area contributed by atoms with Gasteiger partial charge in [-0.2, -0.15) is 0 Å². The molecule has 1 atom stereocenters. The molecule has 1 aliphatic heterocycles. The molecule has 17 heavy (non-hydrogen) atoms. The molecule has 2 N–H and O–H groups in total.